The van der Waals surface area contributed by atoms with E-state index in [1.807, 2.05) is 0 Å². The molecule has 0 aromatic carbocycles. The summed E-state index contributed by atoms with van der Waals surface area (Å²) in [4.78, 5) is 36.1. The third-order valence-corrected chi connectivity index (χ3v) is 3.12. The molecule has 0 atom stereocenters. The van der Waals surface area contributed by atoms with E-state index in [0.717, 1.165) is 0 Å². The van der Waals surface area contributed by atoms with Crippen LogP contribution in [0.1, 0.15) is 35.0 Å². The summed E-state index contributed by atoms with van der Waals surface area (Å²) in [6, 6.07) is 2.51. The van der Waals surface area contributed by atoms with Crippen molar-refractivity contribution in [3.05, 3.63) is 23.7 Å². The number of nitrogens with one attached hydrogen (secondary N) is 1. The number of amides is 2. The van der Waals surface area contributed by atoms with Crippen molar-refractivity contribution in [2.75, 3.05) is 13.1 Å². The molecule has 19 heavy (non-hydrogen) atoms. The van der Waals surface area contributed by atoms with Crippen LogP contribution in [0.25, 0.3) is 0 Å². The highest BCUT2D eigenvalue weighted by Crippen LogP contribution is 2.21. The number of nitrogens with zero attached hydrogens (tertiary/aromatic N) is 1. The fourth-order valence-electron chi connectivity index (χ4n) is 1.96. The van der Waals surface area contributed by atoms with Gasteiger partial charge < -0.3 is 19.7 Å². The minimum atomic E-state index is -1.24. The highest BCUT2D eigenvalue weighted by molar-refractivity contribution is 5.98. The lowest BCUT2D eigenvalue weighted by Crippen LogP contribution is -2.63. The van der Waals surface area contributed by atoms with Gasteiger partial charge in [-0.2, -0.15) is 0 Å². The van der Waals surface area contributed by atoms with Crippen LogP contribution in [0.3, 0.4) is 0 Å². The second kappa shape index (κ2) is 4.42. The summed E-state index contributed by atoms with van der Waals surface area (Å²) in [5.41, 5.74) is -0.995. The first-order valence-electron chi connectivity index (χ1n) is 5.77. The number of rotatable bonds is 2. The van der Waals surface area contributed by atoms with Crippen LogP contribution in [-0.4, -0.2) is 46.4 Å². The molecule has 1 aromatic rings. The summed E-state index contributed by atoms with van der Waals surface area (Å²) in [7, 11) is 0. The fourth-order valence-corrected chi connectivity index (χ4v) is 1.96. The summed E-state index contributed by atoms with van der Waals surface area (Å²) in [6.07, 6.45) is 0. The van der Waals surface area contributed by atoms with Crippen molar-refractivity contribution in [3.63, 3.8) is 0 Å². The van der Waals surface area contributed by atoms with Crippen LogP contribution < -0.4 is 5.32 Å². The number of carbonyl (C=O) groups excluding carboxylic acids is 2. The van der Waals surface area contributed by atoms with E-state index in [0.29, 0.717) is 13.1 Å². The number of aromatic carboxylic acids is 1. The Morgan fingerprint density at radius 2 is 2.00 bits per heavy atom. The van der Waals surface area contributed by atoms with Crippen molar-refractivity contribution < 1.29 is 23.9 Å². The quantitative estimate of drug-likeness (QED) is 0.803. The molecule has 2 heterocycles. The lowest BCUT2D eigenvalue weighted by Gasteiger charge is -2.40. The van der Waals surface area contributed by atoms with E-state index in [-0.39, 0.29) is 17.4 Å². The van der Waals surface area contributed by atoms with Gasteiger partial charge >= 0.3 is 5.97 Å². The molecule has 2 rings (SSSR count). The first-order chi connectivity index (χ1) is 8.84. The second-order valence-corrected chi connectivity index (χ2v) is 4.74. The predicted octanol–water partition coefficient (Wildman–Crippen LogP) is 0.328. The summed E-state index contributed by atoms with van der Waals surface area (Å²) in [5, 5.41) is 11.4. The molecule has 1 saturated heterocycles. The van der Waals surface area contributed by atoms with E-state index >= 15 is 0 Å². The number of hydrogen-bond donors (Lipinski definition) is 2. The topological polar surface area (TPSA) is 99.9 Å². The molecule has 2 amide bonds. The Labute approximate surface area is 109 Å². The van der Waals surface area contributed by atoms with Gasteiger partial charge in [0.05, 0.1) is 0 Å². The SMILES string of the molecule is CC1(C)C(=O)NCCN1C(=O)c1ccc(C(=O)O)o1. The van der Waals surface area contributed by atoms with Crippen molar-refractivity contribution in [3.8, 4) is 0 Å². The highest BCUT2D eigenvalue weighted by Gasteiger charge is 2.41. The Morgan fingerprint density at radius 3 is 2.58 bits per heavy atom. The predicted molar refractivity (Wildman–Crippen MR) is 63.8 cm³/mol. The Balaban J connectivity index is 2.27. The van der Waals surface area contributed by atoms with E-state index < -0.39 is 17.4 Å². The largest absolute Gasteiger partial charge is 0.475 e. The molecular formula is C12H14N2O5. The Bertz CT molecular complexity index is 546. The van der Waals surface area contributed by atoms with Gasteiger partial charge in [0, 0.05) is 13.1 Å². The second-order valence-electron chi connectivity index (χ2n) is 4.74. The van der Waals surface area contributed by atoms with E-state index in [1.54, 1.807) is 13.8 Å². The van der Waals surface area contributed by atoms with Crippen molar-refractivity contribution in [2.24, 2.45) is 0 Å². The Morgan fingerprint density at radius 1 is 1.37 bits per heavy atom. The maximum atomic E-state index is 12.3. The van der Waals surface area contributed by atoms with Crippen molar-refractivity contribution in [2.45, 2.75) is 19.4 Å². The molecule has 0 unspecified atom stereocenters. The molecule has 1 aliphatic rings. The van der Waals surface area contributed by atoms with E-state index in [9.17, 15) is 14.4 Å². The summed E-state index contributed by atoms with van der Waals surface area (Å²) in [5.74, 6) is -2.37. The van der Waals surface area contributed by atoms with Gasteiger partial charge in [-0.3, -0.25) is 9.59 Å². The lowest BCUT2D eigenvalue weighted by atomic mass is 9.98. The molecule has 1 fully saturated rings. The molecule has 1 aromatic heterocycles. The average Bonchev–Trinajstić information content (AvgIpc) is 2.81. The Kier molecular flexibility index (Phi) is 3.05. The van der Waals surface area contributed by atoms with Crippen LogP contribution in [0.2, 0.25) is 0 Å². The maximum Gasteiger partial charge on any atom is 0.371 e. The molecule has 0 saturated carbocycles. The average molecular weight is 266 g/mol. The standard InChI is InChI=1S/C12H14N2O5/c1-12(2)11(18)13-5-6-14(12)9(15)7-3-4-8(19-7)10(16)17/h3-4H,5-6H2,1-2H3,(H,13,18)(H,16,17). The van der Waals surface area contributed by atoms with Gasteiger partial charge in [-0.05, 0) is 26.0 Å². The zero-order valence-electron chi connectivity index (χ0n) is 10.6. The maximum absolute atomic E-state index is 12.3. The van der Waals surface area contributed by atoms with Gasteiger partial charge in [-0.1, -0.05) is 0 Å². The van der Waals surface area contributed by atoms with Crippen LogP contribution in [0.5, 0.6) is 0 Å². The van der Waals surface area contributed by atoms with Crippen molar-refractivity contribution in [1.29, 1.82) is 0 Å². The van der Waals surface area contributed by atoms with Gasteiger partial charge in [0.25, 0.3) is 5.91 Å². The number of furan rings is 1. The monoisotopic (exact) mass is 266 g/mol. The zero-order valence-corrected chi connectivity index (χ0v) is 10.6. The summed E-state index contributed by atoms with van der Waals surface area (Å²) < 4.78 is 4.97. The van der Waals surface area contributed by atoms with Gasteiger partial charge in [0.15, 0.2) is 5.76 Å². The number of piperazine rings is 1. The molecule has 0 aliphatic carbocycles. The van der Waals surface area contributed by atoms with Gasteiger partial charge in [0.1, 0.15) is 5.54 Å². The van der Waals surface area contributed by atoms with Gasteiger partial charge in [-0.15, -0.1) is 0 Å². The first-order valence-corrected chi connectivity index (χ1v) is 5.77. The molecule has 0 radical (unpaired) electrons. The molecule has 7 heteroatoms. The smallest absolute Gasteiger partial charge is 0.371 e. The lowest BCUT2D eigenvalue weighted by molar-refractivity contribution is -0.133. The number of carboxylic acid groups (broad SMARTS) is 1. The van der Waals surface area contributed by atoms with Crippen LogP contribution in [-0.2, 0) is 4.79 Å². The van der Waals surface area contributed by atoms with Gasteiger partial charge in [-0.25, -0.2) is 4.79 Å². The fraction of sp³-hybridized carbons (Fsp3) is 0.417. The first kappa shape index (κ1) is 13.1. The van der Waals surface area contributed by atoms with E-state index in [1.165, 1.54) is 17.0 Å². The molecule has 1 aliphatic heterocycles. The normalized spacial score (nSPS) is 18.0. The number of hydrogen-bond acceptors (Lipinski definition) is 4. The molecule has 7 nitrogen and oxygen atoms in total. The molecule has 0 spiro atoms. The molecule has 2 N–H and O–H groups in total. The van der Waals surface area contributed by atoms with Crippen molar-refractivity contribution >= 4 is 17.8 Å². The van der Waals surface area contributed by atoms with E-state index in [2.05, 4.69) is 5.32 Å². The molecular weight excluding hydrogens is 252 g/mol. The molecule has 102 valence electrons. The third kappa shape index (κ3) is 2.18. The Hall–Kier alpha value is -2.31. The molecule has 0 bridgehead atoms. The number of carboxylic acids is 1. The van der Waals surface area contributed by atoms with Crippen LogP contribution in [0.15, 0.2) is 16.5 Å². The third-order valence-electron chi connectivity index (χ3n) is 3.12. The van der Waals surface area contributed by atoms with E-state index in [4.69, 9.17) is 9.52 Å². The van der Waals surface area contributed by atoms with Crippen molar-refractivity contribution in [1.82, 2.24) is 10.2 Å². The summed E-state index contributed by atoms with van der Waals surface area (Å²) >= 11 is 0. The summed E-state index contributed by atoms with van der Waals surface area (Å²) in [6.45, 7) is 3.96. The van der Waals surface area contributed by atoms with Crippen LogP contribution in [0, 0.1) is 0 Å². The minimum absolute atomic E-state index is 0.0832. The minimum Gasteiger partial charge on any atom is -0.475 e. The number of carbonyl (C=O) groups is 3. The zero-order chi connectivity index (χ0) is 14.2. The van der Waals surface area contributed by atoms with Gasteiger partial charge in [0.2, 0.25) is 11.7 Å². The van der Waals surface area contributed by atoms with Crippen LogP contribution >= 0.6 is 0 Å². The highest BCUT2D eigenvalue weighted by atomic mass is 16.4. The van der Waals surface area contributed by atoms with Crippen LogP contribution in [0.4, 0.5) is 0 Å².